The van der Waals surface area contributed by atoms with Crippen LogP contribution in [0.15, 0.2) is 18.3 Å². The molecule has 1 aliphatic carbocycles. The van der Waals surface area contributed by atoms with Gasteiger partial charge in [0.2, 0.25) is 0 Å². The van der Waals surface area contributed by atoms with E-state index >= 15 is 0 Å². The van der Waals surface area contributed by atoms with Crippen LogP contribution in [-0.4, -0.2) is 28.1 Å². The Balaban J connectivity index is 1.92. The summed E-state index contributed by atoms with van der Waals surface area (Å²) in [7, 11) is 0. The predicted molar refractivity (Wildman–Crippen MR) is 78.5 cm³/mol. The second-order valence-corrected chi connectivity index (χ2v) is 6.71. The lowest BCUT2D eigenvalue weighted by Gasteiger charge is -2.40. The predicted octanol–water partition coefficient (Wildman–Crippen LogP) is 2.45. The lowest BCUT2D eigenvalue weighted by atomic mass is 9.71. The molecule has 4 nitrogen and oxygen atoms in total. The lowest BCUT2D eigenvalue weighted by Crippen LogP contribution is -2.46. The van der Waals surface area contributed by atoms with Gasteiger partial charge in [-0.3, -0.25) is 9.78 Å². The fraction of sp³-hybridized carbons (Fsp3) is 0.625. The SMILES string of the molecule is Cc1ncccc1C(=O)NCC1(O)CCC(C)(C)CC1. The molecular formula is C16H24N2O2. The van der Waals surface area contributed by atoms with Crippen molar-refractivity contribution in [2.24, 2.45) is 5.41 Å². The topological polar surface area (TPSA) is 62.2 Å². The second-order valence-electron chi connectivity index (χ2n) is 6.71. The van der Waals surface area contributed by atoms with Crippen molar-refractivity contribution in [1.29, 1.82) is 0 Å². The zero-order valence-electron chi connectivity index (χ0n) is 12.6. The van der Waals surface area contributed by atoms with Gasteiger partial charge < -0.3 is 10.4 Å². The van der Waals surface area contributed by atoms with Crippen LogP contribution in [0.25, 0.3) is 0 Å². The van der Waals surface area contributed by atoms with Gasteiger partial charge in [-0.2, -0.15) is 0 Å². The van der Waals surface area contributed by atoms with Crippen LogP contribution in [0.3, 0.4) is 0 Å². The van der Waals surface area contributed by atoms with Gasteiger partial charge in [-0.15, -0.1) is 0 Å². The summed E-state index contributed by atoms with van der Waals surface area (Å²) < 4.78 is 0. The van der Waals surface area contributed by atoms with E-state index in [2.05, 4.69) is 24.1 Å². The van der Waals surface area contributed by atoms with Gasteiger partial charge in [-0.25, -0.2) is 0 Å². The van der Waals surface area contributed by atoms with Crippen LogP contribution >= 0.6 is 0 Å². The Hall–Kier alpha value is -1.42. The van der Waals surface area contributed by atoms with Gasteiger partial charge in [0.15, 0.2) is 0 Å². The first-order valence-corrected chi connectivity index (χ1v) is 7.24. The van der Waals surface area contributed by atoms with Crippen LogP contribution in [0, 0.1) is 12.3 Å². The third-order valence-electron chi connectivity index (χ3n) is 4.36. The summed E-state index contributed by atoms with van der Waals surface area (Å²) >= 11 is 0. The molecule has 0 atom stereocenters. The van der Waals surface area contributed by atoms with Gasteiger partial charge in [-0.05, 0) is 50.2 Å². The monoisotopic (exact) mass is 276 g/mol. The molecule has 1 saturated carbocycles. The van der Waals surface area contributed by atoms with Crippen molar-refractivity contribution in [3.8, 4) is 0 Å². The number of aryl methyl sites for hydroxylation is 1. The summed E-state index contributed by atoms with van der Waals surface area (Å²) in [6.45, 7) is 6.58. The molecule has 1 amide bonds. The summed E-state index contributed by atoms with van der Waals surface area (Å²) in [5, 5.41) is 13.4. The summed E-state index contributed by atoms with van der Waals surface area (Å²) in [5.74, 6) is -0.158. The molecule has 0 spiro atoms. The van der Waals surface area contributed by atoms with Crippen LogP contribution < -0.4 is 5.32 Å². The van der Waals surface area contributed by atoms with Gasteiger partial charge in [-0.1, -0.05) is 13.8 Å². The Morgan fingerprint density at radius 2 is 2.00 bits per heavy atom. The smallest absolute Gasteiger partial charge is 0.253 e. The minimum absolute atomic E-state index is 0.158. The van der Waals surface area contributed by atoms with Crippen LogP contribution in [-0.2, 0) is 0 Å². The highest BCUT2D eigenvalue weighted by atomic mass is 16.3. The Bertz CT molecular complexity index is 487. The van der Waals surface area contributed by atoms with E-state index in [1.54, 1.807) is 18.3 Å². The molecule has 0 unspecified atom stereocenters. The summed E-state index contributed by atoms with van der Waals surface area (Å²) in [4.78, 5) is 16.2. The number of nitrogens with zero attached hydrogens (tertiary/aromatic N) is 1. The van der Waals surface area contributed by atoms with Crippen molar-refractivity contribution in [3.63, 3.8) is 0 Å². The quantitative estimate of drug-likeness (QED) is 0.891. The van der Waals surface area contributed by atoms with Crippen molar-refractivity contribution >= 4 is 5.91 Å². The number of aromatic nitrogens is 1. The zero-order valence-corrected chi connectivity index (χ0v) is 12.6. The number of rotatable bonds is 3. The molecule has 1 heterocycles. The van der Waals surface area contributed by atoms with Crippen molar-refractivity contribution in [2.75, 3.05) is 6.54 Å². The fourth-order valence-corrected chi connectivity index (χ4v) is 2.63. The molecule has 1 aromatic heterocycles. The number of nitrogens with one attached hydrogen (secondary N) is 1. The van der Waals surface area contributed by atoms with Gasteiger partial charge in [0.1, 0.15) is 0 Å². The van der Waals surface area contributed by atoms with Crippen molar-refractivity contribution in [3.05, 3.63) is 29.6 Å². The second kappa shape index (κ2) is 5.52. The molecule has 0 radical (unpaired) electrons. The van der Waals surface area contributed by atoms with E-state index < -0.39 is 5.60 Å². The molecule has 0 saturated heterocycles. The standard InChI is InChI=1S/C16H24N2O2/c1-12-13(5-4-10-17-12)14(19)18-11-16(20)8-6-15(2,3)7-9-16/h4-5,10,20H,6-9,11H2,1-3H3,(H,18,19). The molecule has 2 N–H and O–H groups in total. The molecule has 110 valence electrons. The fourth-order valence-electron chi connectivity index (χ4n) is 2.63. The molecule has 2 rings (SSSR count). The Kier molecular flexibility index (Phi) is 4.14. The van der Waals surface area contributed by atoms with E-state index in [1.165, 1.54) is 0 Å². The Morgan fingerprint density at radius 1 is 1.35 bits per heavy atom. The molecule has 1 aromatic rings. The Labute approximate surface area is 120 Å². The number of hydrogen-bond donors (Lipinski definition) is 2. The van der Waals surface area contributed by atoms with Gasteiger partial charge >= 0.3 is 0 Å². The molecule has 1 fully saturated rings. The molecule has 1 aliphatic rings. The van der Waals surface area contributed by atoms with Crippen molar-refractivity contribution in [1.82, 2.24) is 10.3 Å². The van der Waals surface area contributed by atoms with Crippen LogP contribution in [0.5, 0.6) is 0 Å². The normalized spacial score (nSPS) is 20.4. The first-order valence-electron chi connectivity index (χ1n) is 7.24. The zero-order chi connectivity index (χ0) is 14.8. The number of carbonyl (C=O) groups is 1. The largest absolute Gasteiger partial charge is 0.388 e. The highest BCUT2D eigenvalue weighted by Gasteiger charge is 2.36. The van der Waals surface area contributed by atoms with E-state index in [4.69, 9.17) is 0 Å². The lowest BCUT2D eigenvalue weighted by molar-refractivity contribution is -0.0233. The minimum atomic E-state index is -0.763. The summed E-state index contributed by atoms with van der Waals surface area (Å²) in [5.41, 5.74) is 0.825. The highest BCUT2D eigenvalue weighted by Crippen LogP contribution is 2.39. The average Bonchev–Trinajstić information content (AvgIpc) is 2.41. The van der Waals surface area contributed by atoms with E-state index in [1.807, 2.05) is 6.92 Å². The number of carbonyl (C=O) groups excluding carboxylic acids is 1. The van der Waals surface area contributed by atoms with Crippen LogP contribution in [0.2, 0.25) is 0 Å². The van der Waals surface area contributed by atoms with Gasteiger partial charge in [0.05, 0.1) is 11.2 Å². The molecular weight excluding hydrogens is 252 g/mol. The molecule has 0 aliphatic heterocycles. The van der Waals surface area contributed by atoms with E-state index in [0.29, 0.717) is 23.2 Å². The van der Waals surface area contributed by atoms with E-state index in [9.17, 15) is 9.90 Å². The maximum atomic E-state index is 12.1. The molecule has 0 bridgehead atoms. The van der Waals surface area contributed by atoms with Crippen molar-refractivity contribution in [2.45, 2.75) is 52.1 Å². The minimum Gasteiger partial charge on any atom is -0.388 e. The van der Waals surface area contributed by atoms with Gasteiger partial charge in [0.25, 0.3) is 5.91 Å². The van der Waals surface area contributed by atoms with Crippen molar-refractivity contribution < 1.29 is 9.90 Å². The molecule has 0 aromatic carbocycles. The third kappa shape index (κ3) is 3.57. The van der Waals surface area contributed by atoms with Crippen LogP contribution in [0.4, 0.5) is 0 Å². The maximum absolute atomic E-state index is 12.1. The Morgan fingerprint density at radius 3 is 2.60 bits per heavy atom. The number of amides is 1. The first-order chi connectivity index (χ1) is 9.31. The van der Waals surface area contributed by atoms with E-state index in [0.717, 1.165) is 25.7 Å². The average molecular weight is 276 g/mol. The molecule has 20 heavy (non-hydrogen) atoms. The molecule has 4 heteroatoms. The van der Waals surface area contributed by atoms with E-state index in [-0.39, 0.29) is 5.91 Å². The van der Waals surface area contributed by atoms with Gasteiger partial charge in [0, 0.05) is 18.4 Å². The third-order valence-corrected chi connectivity index (χ3v) is 4.36. The summed E-state index contributed by atoms with van der Waals surface area (Å²) in [6, 6.07) is 3.51. The maximum Gasteiger partial charge on any atom is 0.253 e. The number of aliphatic hydroxyl groups is 1. The number of hydrogen-bond acceptors (Lipinski definition) is 3. The summed E-state index contributed by atoms with van der Waals surface area (Å²) in [6.07, 6.45) is 5.14. The number of pyridine rings is 1. The van der Waals surface area contributed by atoms with Crippen LogP contribution in [0.1, 0.15) is 55.6 Å². The first kappa shape index (κ1) is 15.0. The highest BCUT2D eigenvalue weighted by molar-refractivity contribution is 5.95.